The molecule has 1 rings (SSSR count). The Morgan fingerprint density at radius 3 is 2.76 bits per heavy atom. The zero-order valence-corrected chi connectivity index (χ0v) is 13.9. The summed E-state index contributed by atoms with van der Waals surface area (Å²) in [6.07, 6.45) is 0.830. The van der Waals surface area contributed by atoms with Crippen LogP contribution in [0.4, 0.5) is 0 Å². The third kappa shape index (κ3) is 5.49. The number of nitrogens with one attached hydrogen (secondary N) is 3. The van der Waals surface area contributed by atoms with Crippen molar-refractivity contribution in [1.29, 1.82) is 0 Å². The molecule has 3 N–H and O–H groups in total. The number of hydrogen-bond acceptors (Lipinski definition) is 4. The number of rotatable bonds is 6. The highest BCUT2D eigenvalue weighted by atomic mass is 35.5. The molecule has 118 valence electrons. The van der Waals surface area contributed by atoms with Crippen LogP contribution in [0.1, 0.15) is 29.5 Å². The van der Waals surface area contributed by atoms with Gasteiger partial charge in [-0.3, -0.25) is 20.3 Å². The molecule has 0 saturated carbocycles. The van der Waals surface area contributed by atoms with Crippen LogP contribution in [0.25, 0.3) is 0 Å². The van der Waals surface area contributed by atoms with Crippen molar-refractivity contribution in [3.63, 3.8) is 0 Å². The van der Waals surface area contributed by atoms with Gasteiger partial charge in [-0.1, -0.05) is 11.6 Å². The summed E-state index contributed by atoms with van der Waals surface area (Å²) in [5.41, 5.74) is 5.97. The minimum atomic E-state index is -0.401. The van der Waals surface area contributed by atoms with Gasteiger partial charge in [-0.2, -0.15) is 5.10 Å². The van der Waals surface area contributed by atoms with Gasteiger partial charge in [0.25, 0.3) is 5.91 Å². The lowest BCUT2D eigenvalue weighted by Crippen LogP contribution is -2.47. The van der Waals surface area contributed by atoms with Crippen LogP contribution in [0.5, 0.6) is 0 Å². The summed E-state index contributed by atoms with van der Waals surface area (Å²) in [5.74, 6) is -0.401. The molecular weight excluding hydrogens is 314 g/mol. The molecule has 0 aliphatic rings. The van der Waals surface area contributed by atoms with Gasteiger partial charge in [-0.05, 0) is 32.5 Å². The average Bonchev–Trinajstić information content (AvgIpc) is 2.69. The minimum Gasteiger partial charge on any atom is -0.382 e. The van der Waals surface area contributed by atoms with Crippen molar-refractivity contribution < 1.29 is 9.53 Å². The molecule has 0 radical (unpaired) electrons. The van der Waals surface area contributed by atoms with Gasteiger partial charge in [-0.25, -0.2) is 0 Å². The predicted molar refractivity (Wildman–Crippen MR) is 85.3 cm³/mol. The highest BCUT2D eigenvalue weighted by molar-refractivity contribution is 7.80. The van der Waals surface area contributed by atoms with Crippen LogP contribution in [-0.2, 0) is 11.8 Å². The third-order valence-corrected chi connectivity index (χ3v) is 3.31. The maximum atomic E-state index is 12.0. The molecule has 1 heterocycles. The summed E-state index contributed by atoms with van der Waals surface area (Å²) < 4.78 is 6.63. The number of nitrogens with zero attached hydrogens (tertiary/aromatic N) is 2. The number of amides is 1. The van der Waals surface area contributed by atoms with Gasteiger partial charge in [0.15, 0.2) is 5.11 Å². The van der Waals surface area contributed by atoms with Gasteiger partial charge in [0.1, 0.15) is 5.69 Å². The Hall–Kier alpha value is -1.38. The van der Waals surface area contributed by atoms with Crippen LogP contribution in [0.3, 0.4) is 0 Å². The summed E-state index contributed by atoms with van der Waals surface area (Å²) >= 11 is 11.1. The lowest BCUT2D eigenvalue weighted by molar-refractivity contribution is 0.0934. The summed E-state index contributed by atoms with van der Waals surface area (Å²) in [5, 5.41) is 7.68. The van der Waals surface area contributed by atoms with E-state index in [1.807, 2.05) is 6.92 Å². The maximum Gasteiger partial charge on any atom is 0.289 e. The molecule has 0 aromatic carbocycles. The Balaban J connectivity index is 2.34. The average molecular weight is 334 g/mol. The van der Waals surface area contributed by atoms with Crippen molar-refractivity contribution in [3.05, 3.63) is 16.4 Å². The van der Waals surface area contributed by atoms with E-state index in [4.69, 9.17) is 28.6 Å². The number of halogens is 1. The van der Waals surface area contributed by atoms with Gasteiger partial charge >= 0.3 is 0 Å². The number of aryl methyl sites for hydroxylation is 2. The van der Waals surface area contributed by atoms with E-state index < -0.39 is 5.91 Å². The van der Waals surface area contributed by atoms with Gasteiger partial charge in [-0.15, -0.1) is 0 Å². The molecule has 0 fully saturated rings. The largest absolute Gasteiger partial charge is 0.382 e. The zero-order chi connectivity index (χ0) is 15.8. The summed E-state index contributed by atoms with van der Waals surface area (Å²) in [4.78, 5) is 12.0. The predicted octanol–water partition coefficient (Wildman–Crippen LogP) is 0.917. The first kappa shape index (κ1) is 17.7. The zero-order valence-electron chi connectivity index (χ0n) is 12.3. The molecule has 0 spiro atoms. The van der Waals surface area contributed by atoms with Crippen molar-refractivity contribution in [1.82, 2.24) is 25.9 Å². The molecule has 1 amide bonds. The van der Waals surface area contributed by atoms with Crippen LogP contribution in [0.15, 0.2) is 0 Å². The van der Waals surface area contributed by atoms with Crippen LogP contribution in [0.2, 0.25) is 5.02 Å². The Kier molecular flexibility index (Phi) is 7.41. The Morgan fingerprint density at radius 1 is 1.48 bits per heavy atom. The highest BCUT2D eigenvalue weighted by Gasteiger charge is 2.18. The maximum absolute atomic E-state index is 12.0. The number of thiocarbonyl (C=S) groups is 1. The van der Waals surface area contributed by atoms with Crippen molar-refractivity contribution in [2.24, 2.45) is 7.05 Å². The van der Waals surface area contributed by atoms with Crippen LogP contribution in [-0.4, -0.2) is 40.6 Å². The van der Waals surface area contributed by atoms with E-state index in [9.17, 15) is 4.79 Å². The Morgan fingerprint density at radius 2 is 2.19 bits per heavy atom. The Bertz CT molecular complexity index is 506. The fourth-order valence-electron chi connectivity index (χ4n) is 1.62. The molecule has 0 aliphatic heterocycles. The Labute approximate surface area is 134 Å². The van der Waals surface area contributed by atoms with Crippen molar-refractivity contribution >= 4 is 34.8 Å². The van der Waals surface area contributed by atoms with E-state index in [0.717, 1.165) is 6.42 Å². The van der Waals surface area contributed by atoms with Crippen molar-refractivity contribution in [2.75, 3.05) is 19.8 Å². The standard InChI is InChI=1S/C12H20ClN5O2S/c1-4-20-7-5-6-14-12(21)16-15-11(19)10-9(13)8(2)17-18(10)3/h4-7H2,1-3H3,(H,15,19)(H2,14,16,21). The summed E-state index contributed by atoms with van der Waals surface area (Å²) in [6.45, 7) is 5.71. The third-order valence-electron chi connectivity index (χ3n) is 2.61. The van der Waals surface area contributed by atoms with Crippen LogP contribution < -0.4 is 16.2 Å². The van der Waals surface area contributed by atoms with Crippen molar-refractivity contribution in [2.45, 2.75) is 20.3 Å². The first-order valence-electron chi connectivity index (χ1n) is 6.58. The number of carbonyl (C=O) groups excluding carboxylic acids is 1. The van der Waals surface area contributed by atoms with Gasteiger partial charge in [0, 0.05) is 26.8 Å². The second-order valence-corrected chi connectivity index (χ2v) is 5.04. The fourth-order valence-corrected chi connectivity index (χ4v) is 2.02. The molecule has 0 bridgehead atoms. The van der Waals surface area contributed by atoms with Gasteiger partial charge in [0.2, 0.25) is 0 Å². The highest BCUT2D eigenvalue weighted by Crippen LogP contribution is 2.18. The van der Waals surface area contributed by atoms with E-state index in [0.29, 0.717) is 35.6 Å². The molecule has 0 atom stereocenters. The number of hydrazine groups is 1. The van der Waals surface area contributed by atoms with E-state index in [1.54, 1.807) is 14.0 Å². The second-order valence-electron chi connectivity index (χ2n) is 4.26. The number of aromatic nitrogens is 2. The molecule has 1 aromatic heterocycles. The first-order chi connectivity index (χ1) is 9.97. The van der Waals surface area contributed by atoms with Crippen LogP contribution in [0, 0.1) is 6.92 Å². The van der Waals surface area contributed by atoms with Crippen LogP contribution >= 0.6 is 23.8 Å². The molecule has 0 aliphatic carbocycles. The monoisotopic (exact) mass is 333 g/mol. The van der Waals surface area contributed by atoms with Crippen molar-refractivity contribution in [3.8, 4) is 0 Å². The molecule has 21 heavy (non-hydrogen) atoms. The molecule has 1 aromatic rings. The topological polar surface area (TPSA) is 80.2 Å². The molecule has 0 saturated heterocycles. The molecule has 9 heteroatoms. The summed E-state index contributed by atoms with van der Waals surface area (Å²) in [6, 6.07) is 0. The first-order valence-corrected chi connectivity index (χ1v) is 7.37. The normalized spacial score (nSPS) is 10.3. The number of carbonyl (C=O) groups is 1. The SMILES string of the molecule is CCOCCCNC(=S)NNC(=O)c1c(Cl)c(C)nn1C. The second kappa shape index (κ2) is 8.81. The van der Waals surface area contributed by atoms with E-state index in [-0.39, 0.29) is 5.69 Å². The minimum absolute atomic E-state index is 0.279. The lowest BCUT2D eigenvalue weighted by atomic mass is 10.3. The number of ether oxygens (including phenoxy) is 1. The summed E-state index contributed by atoms with van der Waals surface area (Å²) in [7, 11) is 1.65. The van der Waals surface area contributed by atoms with Gasteiger partial charge < -0.3 is 10.1 Å². The van der Waals surface area contributed by atoms with Gasteiger partial charge in [0.05, 0.1) is 10.7 Å². The fraction of sp³-hybridized carbons (Fsp3) is 0.583. The van der Waals surface area contributed by atoms with E-state index in [2.05, 4.69) is 21.3 Å². The van der Waals surface area contributed by atoms with E-state index in [1.165, 1.54) is 4.68 Å². The molecule has 7 nitrogen and oxygen atoms in total. The molecule has 0 unspecified atom stereocenters. The quantitative estimate of drug-likeness (QED) is 0.408. The smallest absolute Gasteiger partial charge is 0.289 e. The number of hydrogen-bond donors (Lipinski definition) is 3. The van der Waals surface area contributed by atoms with E-state index >= 15 is 0 Å². The lowest BCUT2D eigenvalue weighted by Gasteiger charge is -2.11. The molecular formula is C12H20ClN5O2S.